The summed E-state index contributed by atoms with van der Waals surface area (Å²) in [5.74, 6) is -6.00. The highest BCUT2D eigenvalue weighted by atomic mass is 19.4. The Morgan fingerprint density at radius 3 is 2.21 bits per heavy atom. The van der Waals surface area contributed by atoms with Crippen LogP contribution in [-0.2, 0) is 20.7 Å². The van der Waals surface area contributed by atoms with Gasteiger partial charge < -0.3 is 23.8 Å². The fourth-order valence-corrected chi connectivity index (χ4v) is 3.04. The van der Waals surface area contributed by atoms with E-state index in [4.69, 9.17) is 14.2 Å². The van der Waals surface area contributed by atoms with Gasteiger partial charge in [0.1, 0.15) is 23.2 Å². The van der Waals surface area contributed by atoms with Crippen molar-refractivity contribution < 1.29 is 50.5 Å². The van der Waals surface area contributed by atoms with E-state index in [9.17, 15) is 31.5 Å². The number of benzene rings is 1. The van der Waals surface area contributed by atoms with Gasteiger partial charge in [0.2, 0.25) is 0 Å². The molecule has 12 heteroatoms. The van der Waals surface area contributed by atoms with Crippen LogP contribution in [0.1, 0.15) is 39.2 Å². The van der Waals surface area contributed by atoms with Crippen molar-refractivity contribution in [2.45, 2.75) is 63.8 Å². The normalized spacial score (nSPS) is 15.6. The molecule has 0 aliphatic carbocycles. The number of esters is 1. The molecule has 1 saturated heterocycles. The quantitative estimate of drug-likeness (QED) is 0.400. The number of hydrogen-bond donors (Lipinski definition) is 0. The summed E-state index contributed by atoms with van der Waals surface area (Å²) in [4.78, 5) is 25.3. The van der Waals surface area contributed by atoms with Gasteiger partial charge in [-0.25, -0.2) is 4.79 Å². The van der Waals surface area contributed by atoms with E-state index in [-0.39, 0.29) is 23.2 Å². The van der Waals surface area contributed by atoms with Crippen LogP contribution in [0.3, 0.4) is 0 Å². The molecule has 0 bridgehead atoms. The lowest BCUT2D eigenvalue weighted by Crippen LogP contribution is -2.44. The minimum atomic E-state index is -5.79. The van der Waals surface area contributed by atoms with Gasteiger partial charge in [0.15, 0.2) is 6.61 Å². The largest absolute Gasteiger partial charge is 0.490 e. The summed E-state index contributed by atoms with van der Waals surface area (Å²) in [5.41, 5.74) is -0.563. The standard InChI is InChI=1S/C22H28F5NO6/c1-20(2,3)34-19(30)28-9-7-15(8-10-28)33-16-6-5-14(11-18(29)31-4)17(12-16)32-13-21(23,24)22(25,26)27/h5-6,12,15H,7-11,13H2,1-4H3. The van der Waals surface area contributed by atoms with E-state index in [1.807, 2.05) is 0 Å². The smallest absolute Gasteiger partial charge is 0.456 e. The molecule has 192 valence electrons. The van der Waals surface area contributed by atoms with Crippen molar-refractivity contribution in [1.82, 2.24) is 4.90 Å². The summed E-state index contributed by atoms with van der Waals surface area (Å²) < 4.78 is 84.6. The molecule has 1 amide bonds. The van der Waals surface area contributed by atoms with Gasteiger partial charge in [-0.1, -0.05) is 6.07 Å². The van der Waals surface area contributed by atoms with Gasteiger partial charge in [-0.2, -0.15) is 22.0 Å². The number of hydrogen-bond acceptors (Lipinski definition) is 6. The minimum absolute atomic E-state index is 0.0666. The van der Waals surface area contributed by atoms with Crippen LogP contribution in [0.4, 0.5) is 26.7 Å². The van der Waals surface area contributed by atoms with E-state index < -0.39 is 42.8 Å². The van der Waals surface area contributed by atoms with E-state index in [0.29, 0.717) is 25.9 Å². The first-order valence-corrected chi connectivity index (χ1v) is 10.5. The van der Waals surface area contributed by atoms with Gasteiger partial charge in [0, 0.05) is 37.6 Å². The van der Waals surface area contributed by atoms with Crippen molar-refractivity contribution in [2.75, 3.05) is 26.8 Å². The SMILES string of the molecule is COC(=O)Cc1ccc(OC2CCN(C(=O)OC(C)(C)C)CC2)cc1OCC(F)(F)C(F)(F)F. The van der Waals surface area contributed by atoms with E-state index in [0.717, 1.165) is 13.2 Å². The third kappa shape index (κ3) is 7.91. The number of methoxy groups -OCH3 is 1. The van der Waals surface area contributed by atoms with Gasteiger partial charge in [0.25, 0.3) is 0 Å². The Bertz CT molecular complexity index is 860. The van der Waals surface area contributed by atoms with Gasteiger partial charge in [-0.15, -0.1) is 0 Å². The zero-order valence-corrected chi connectivity index (χ0v) is 19.3. The molecular formula is C22H28F5NO6. The van der Waals surface area contributed by atoms with Crippen LogP contribution in [0, 0.1) is 0 Å². The third-order valence-corrected chi connectivity index (χ3v) is 4.82. The molecule has 0 N–H and O–H groups in total. The predicted molar refractivity (Wildman–Crippen MR) is 110 cm³/mol. The maximum atomic E-state index is 13.3. The average Bonchev–Trinajstić information content (AvgIpc) is 2.72. The van der Waals surface area contributed by atoms with E-state index in [2.05, 4.69) is 4.74 Å². The Morgan fingerprint density at radius 1 is 1.06 bits per heavy atom. The molecule has 2 rings (SSSR count). The maximum Gasteiger partial charge on any atom is 0.456 e. The van der Waals surface area contributed by atoms with Crippen LogP contribution < -0.4 is 9.47 Å². The van der Waals surface area contributed by atoms with Crippen molar-refractivity contribution >= 4 is 12.1 Å². The van der Waals surface area contributed by atoms with Crippen LogP contribution in [0.15, 0.2) is 18.2 Å². The highest BCUT2D eigenvalue weighted by Crippen LogP contribution is 2.37. The lowest BCUT2D eigenvalue weighted by molar-refractivity contribution is -0.290. The van der Waals surface area contributed by atoms with Crippen molar-refractivity contribution in [2.24, 2.45) is 0 Å². The highest BCUT2D eigenvalue weighted by molar-refractivity contribution is 5.73. The predicted octanol–water partition coefficient (Wildman–Crippen LogP) is 4.76. The summed E-state index contributed by atoms with van der Waals surface area (Å²) in [6, 6.07) is 3.95. The molecular weight excluding hydrogens is 469 g/mol. The Balaban J connectivity index is 2.08. The first kappa shape index (κ1) is 27.5. The van der Waals surface area contributed by atoms with Gasteiger partial charge >= 0.3 is 24.2 Å². The second-order valence-electron chi connectivity index (χ2n) is 8.80. The summed E-state index contributed by atoms with van der Waals surface area (Å²) in [6.07, 6.45) is -6.06. The van der Waals surface area contributed by atoms with Crippen molar-refractivity contribution in [3.8, 4) is 11.5 Å². The maximum absolute atomic E-state index is 13.3. The second-order valence-corrected chi connectivity index (χ2v) is 8.80. The van der Waals surface area contributed by atoms with Crippen LogP contribution in [-0.4, -0.2) is 67.6 Å². The average molecular weight is 497 g/mol. The Morgan fingerprint density at radius 2 is 1.68 bits per heavy atom. The lowest BCUT2D eigenvalue weighted by Gasteiger charge is -2.33. The molecule has 0 unspecified atom stereocenters. The van der Waals surface area contributed by atoms with Crippen LogP contribution >= 0.6 is 0 Å². The van der Waals surface area contributed by atoms with Gasteiger partial charge in [-0.3, -0.25) is 4.79 Å². The summed E-state index contributed by atoms with van der Waals surface area (Å²) in [7, 11) is 1.11. The van der Waals surface area contributed by atoms with E-state index in [1.54, 1.807) is 25.7 Å². The zero-order valence-electron chi connectivity index (χ0n) is 19.3. The molecule has 0 spiro atoms. The topological polar surface area (TPSA) is 74.3 Å². The van der Waals surface area contributed by atoms with E-state index in [1.165, 1.54) is 12.1 Å². The molecule has 1 aliphatic heterocycles. The number of ether oxygens (including phenoxy) is 4. The van der Waals surface area contributed by atoms with Crippen LogP contribution in [0.2, 0.25) is 0 Å². The molecule has 1 aromatic rings. The van der Waals surface area contributed by atoms with Gasteiger partial charge in [0.05, 0.1) is 13.5 Å². The van der Waals surface area contributed by atoms with E-state index >= 15 is 0 Å². The van der Waals surface area contributed by atoms with Crippen molar-refractivity contribution in [3.05, 3.63) is 23.8 Å². The minimum Gasteiger partial charge on any atom is -0.490 e. The number of rotatable bonds is 7. The first-order chi connectivity index (χ1) is 15.6. The molecule has 0 aromatic heterocycles. The molecule has 1 heterocycles. The summed E-state index contributed by atoms with van der Waals surface area (Å²) in [5, 5.41) is 0. The number of likely N-dealkylation sites (tertiary alicyclic amines) is 1. The fraction of sp³-hybridized carbons (Fsp3) is 0.636. The molecule has 1 fully saturated rings. The van der Waals surface area contributed by atoms with Crippen LogP contribution in [0.25, 0.3) is 0 Å². The number of halogens is 5. The molecule has 1 aromatic carbocycles. The monoisotopic (exact) mass is 497 g/mol. The first-order valence-electron chi connectivity index (χ1n) is 10.5. The molecule has 0 saturated carbocycles. The Labute approximate surface area is 194 Å². The fourth-order valence-electron chi connectivity index (χ4n) is 3.04. The Kier molecular flexibility index (Phi) is 8.59. The Hall–Kier alpha value is -2.79. The highest BCUT2D eigenvalue weighted by Gasteiger charge is 2.58. The number of carbonyl (C=O) groups excluding carboxylic acids is 2. The number of amides is 1. The van der Waals surface area contributed by atoms with Crippen LogP contribution in [0.5, 0.6) is 11.5 Å². The number of carbonyl (C=O) groups is 2. The number of nitrogens with zero attached hydrogens (tertiary/aromatic N) is 1. The number of alkyl halides is 5. The van der Waals surface area contributed by atoms with Crippen molar-refractivity contribution in [1.29, 1.82) is 0 Å². The zero-order chi connectivity index (χ0) is 25.7. The molecule has 7 nitrogen and oxygen atoms in total. The van der Waals surface area contributed by atoms with Crippen molar-refractivity contribution in [3.63, 3.8) is 0 Å². The van der Waals surface area contributed by atoms with Gasteiger partial charge in [-0.05, 0) is 26.8 Å². The second kappa shape index (κ2) is 10.6. The number of piperidine rings is 1. The molecule has 0 radical (unpaired) electrons. The summed E-state index contributed by atoms with van der Waals surface area (Å²) in [6.45, 7) is 4.04. The molecule has 1 aliphatic rings. The molecule has 0 atom stereocenters. The lowest BCUT2D eigenvalue weighted by atomic mass is 10.1. The third-order valence-electron chi connectivity index (χ3n) is 4.82. The summed E-state index contributed by atoms with van der Waals surface area (Å²) >= 11 is 0. The molecule has 34 heavy (non-hydrogen) atoms.